The maximum atomic E-state index is 12.9. The number of ether oxygens (including phenoxy) is 3. The van der Waals surface area contributed by atoms with Crippen LogP contribution in [0.25, 0.3) is 0 Å². The van der Waals surface area contributed by atoms with Gasteiger partial charge in [-0.3, -0.25) is 4.79 Å². The third kappa shape index (κ3) is 2.43. The number of amides is 1. The number of rotatable bonds is 1. The molecule has 3 atom stereocenters. The van der Waals surface area contributed by atoms with Crippen molar-refractivity contribution in [1.29, 1.82) is 0 Å². The number of nitrogens with zero attached hydrogens (tertiary/aromatic N) is 1. The quantitative estimate of drug-likeness (QED) is 0.796. The van der Waals surface area contributed by atoms with Crippen LogP contribution in [0, 0.1) is 0 Å². The Bertz CT molecular complexity index is 559. The van der Waals surface area contributed by atoms with E-state index >= 15 is 0 Å². The Morgan fingerprint density at radius 1 is 1.14 bits per heavy atom. The van der Waals surface area contributed by atoms with Gasteiger partial charge in [0.05, 0.1) is 18.8 Å². The molecule has 0 N–H and O–H groups in total. The first-order valence-electron chi connectivity index (χ1n) is 8.13. The van der Waals surface area contributed by atoms with Crippen molar-refractivity contribution in [2.24, 2.45) is 0 Å². The Morgan fingerprint density at radius 3 is 2.86 bits per heavy atom. The number of carbonyl (C=O) groups is 1. The van der Waals surface area contributed by atoms with Crippen LogP contribution >= 0.6 is 0 Å². The van der Waals surface area contributed by atoms with Gasteiger partial charge in [0.15, 0.2) is 11.5 Å². The summed E-state index contributed by atoms with van der Waals surface area (Å²) in [6.45, 7) is 1.56. The number of benzene rings is 1. The largest absolute Gasteiger partial charge is 0.485 e. The number of morpholine rings is 1. The maximum Gasteiger partial charge on any atom is 0.267 e. The molecule has 5 heteroatoms. The second kappa shape index (κ2) is 5.80. The van der Waals surface area contributed by atoms with Gasteiger partial charge in [-0.1, -0.05) is 25.0 Å². The molecule has 2 aliphatic heterocycles. The third-order valence-corrected chi connectivity index (χ3v) is 4.80. The molecule has 5 nitrogen and oxygen atoms in total. The van der Waals surface area contributed by atoms with Gasteiger partial charge in [-0.05, 0) is 25.0 Å². The third-order valence-electron chi connectivity index (χ3n) is 4.80. The highest BCUT2D eigenvalue weighted by Gasteiger charge is 2.40. The van der Waals surface area contributed by atoms with Crippen LogP contribution in [0.4, 0.5) is 0 Å². The molecule has 2 fully saturated rings. The van der Waals surface area contributed by atoms with Crippen molar-refractivity contribution in [3.8, 4) is 11.5 Å². The molecule has 3 aliphatic rings. The second-order valence-corrected chi connectivity index (χ2v) is 6.16. The highest BCUT2D eigenvalue weighted by molar-refractivity contribution is 5.82. The topological polar surface area (TPSA) is 48.0 Å². The SMILES string of the molecule is O=C(C1COc2ccccc2O1)N1CCOC2CCCCC21. The van der Waals surface area contributed by atoms with Gasteiger partial charge in [-0.25, -0.2) is 0 Å². The van der Waals surface area contributed by atoms with Gasteiger partial charge in [0, 0.05) is 6.54 Å². The van der Waals surface area contributed by atoms with E-state index in [2.05, 4.69) is 0 Å². The Balaban J connectivity index is 1.49. The van der Waals surface area contributed by atoms with Gasteiger partial charge >= 0.3 is 0 Å². The summed E-state index contributed by atoms with van der Waals surface area (Å²) in [6, 6.07) is 7.70. The molecule has 118 valence electrons. The summed E-state index contributed by atoms with van der Waals surface area (Å²) in [5, 5.41) is 0. The molecule has 0 radical (unpaired) electrons. The van der Waals surface area contributed by atoms with E-state index < -0.39 is 6.10 Å². The van der Waals surface area contributed by atoms with Gasteiger partial charge in [0.2, 0.25) is 6.10 Å². The summed E-state index contributed by atoms with van der Waals surface area (Å²) in [5.74, 6) is 1.40. The standard InChI is InChI=1S/C17H21NO4/c19-17(16-11-21-14-7-3-4-8-15(14)22-16)18-9-10-20-13-6-2-1-5-12(13)18/h3-4,7-8,12-13,16H,1-2,5-6,9-11H2. The Morgan fingerprint density at radius 2 is 1.95 bits per heavy atom. The van der Waals surface area contributed by atoms with Crippen molar-refractivity contribution < 1.29 is 19.0 Å². The lowest BCUT2D eigenvalue weighted by Gasteiger charge is -2.45. The van der Waals surface area contributed by atoms with Crippen LogP contribution < -0.4 is 9.47 Å². The molecular weight excluding hydrogens is 282 g/mol. The number of fused-ring (bicyclic) bond motifs is 2. The predicted octanol–water partition coefficient (Wildman–Crippen LogP) is 2.00. The van der Waals surface area contributed by atoms with Crippen LogP contribution in [0.5, 0.6) is 11.5 Å². The van der Waals surface area contributed by atoms with Gasteiger partial charge in [0.1, 0.15) is 6.61 Å². The number of carbonyl (C=O) groups excluding carboxylic acids is 1. The van der Waals surface area contributed by atoms with Crippen LogP contribution in [0.2, 0.25) is 0 Å². The first-order valence-corrected chi connectivity index (χ1v) is 8.13. The van der Waals surface area contributed by atoms with Crippen molar-refractivity contribution in [3.05, 3.63) is 24.3 Å². The number of para-hydroxylation sites is 2. The van der Waals surface area contributed by atoms with Crippen LogP contribution in [-0.2, 0) is 9.53 Å². The zero-order chi connectivity index (χ0) is 14.9. The van der Waals surface area contributed by atoms with Crippen LogP contribution in [0.3, 0.4) is 0 Å². The zero-order valence-electron chi connectivity index (χ0n) is 12.6. The first kappa shape index (κ1) is 13.9. The summed E-state index contributed by atoms with van der Waals surface area (Å²) in [6.07, 6.45) is 4.09. The molecular formula is C17H21NO4. The molecule has 1 amide bonds. The van der Waals surface area contributed by atoms with Gasteiger partial charge in [0.25, 0.3) is 5.91 Å². The molecule has 4 rings (SSSR count). The molecule has 1 aromatic rings. The summed E-state index contributed by atoms with van der Waals surface area (Å²) in [7, 11) is 0. The minimum Gasteiger partial charge on any atom is -0.485 e. The average molecular weight is 303 g/mol. The van der Waals surface area contributed by atoms with E-state index in [-0.39, 0.29) is 24.7 Å². The molecule has 0 aromatic heterocycles. The summed E-state index contributed by atoms with van der Waals surface area (Å²) in [5.41, 5.74) is 0. The molecule has 1 saturated carbocycles. The lowest BCUT2D eigenvalue weighted by molar-refractivity contribution is -0.158. The second-order valence-electron chi connectivity index (χ2n) is 6.16. The van der Waals surface area contributed by atoms with E-state index in [0.717, 1.165) is 12.8 Å². The molecule has 22 heavy (non-hydrogen) atoms. The minimum absolute atomic E-state index is 0.0368. The summed E-state index contributed by atoms with van der Waals surface area (Å²) in [4.78, 5) is 14.9. The maximum absolute atomic E-state index is 12.9. The molecule has 1 aliphatic carbocycles. The Hall–Kier alpha value is -1.75. The highest BCUT2D eigenvalue weighted by Crippen LogP contribution is 2.33. The molecule has 2 heterocycles. The van der Waals surface area contributed by atoms with E-state index in [1.165, 1.54) is 12.8 Å². The fraction of sp³-hybridized carbons (Fsp3) is 0.588. The zero-order valence-corrected chi connectivity index (χ0v) is 12.6. The van der Waals surface area contributed by atoms with E-state index in [0.29, 0.717) is 24.7 Å². The van der Waals surface area contributed by atoms with Crippen LogP contribution in [0.1, 0.15) is 25.7 Å². The smallest absolute Gasteiger partial charge is 0.267 e. The van der Waals surface area contributed by atoms with Crippen LogP contribution in [0.15, 0.2) is 24.3 Å². The normalized spacial score (nSPS) is 30.5. The number of hydrogen-bond acceptors (Lipinski definition) is 4. The summed E-state index contributed by atoms with van der Waals surface area (Å²) >= 11 is 0. The molecule has 0 spiro atoms. The van der Waals surface area contributed by atoms with E-state index in [4.69, 9.17) is 14.2 Å². The van der Waals surface area contributed by atoms with Gasteiger partial charge < -0.3 is 19.1 Å². The monoisotopic (exact) mass is 303 g/mol. The highest BCUT2D eigenvalue weighted by atomic mass is 16.6. The Labute approximate surface area is 130 Å². The van der Waals surface area contributed by atoms with E-state index in [1.54, 1.807) is 0 Å². The first-order chi connectivity index (χ1) is 10.8. The van der Waals surface area contributed by atoms with Gasteiger partial charge in [-0.15, -0.1) is 0 Å². The van der Waals surface area contributed by atoms with Crippen molar-refractivity contribution in [3.63, 3.8) is 0 Å². The fourth-order valence-electron chi connectivity index (χ4n) is 3.70. The lowest BCUT2D eigenvalue weighted by atomic mass is 9.90. The predicted molar refractivity (Wildman–Crippen MR) is 80.1 cm³/mol. The van der Waals surface area contributed by atoms with Crippen molar-refractivity contribution in [2.45, 2.75) is 43.9 Å². The Kier molecular flexibility index (Phi) is 3.66. The van der Waals surface area contributed by atoms with Crippen LogP contribution in [-0.4, -0.2) is 48.8 Å². The van der Waals surface area contributed by atoms with Crippen molar-refractivity contribution >= 4 is 5.91 Å². The average Bonchev–Trinajstić information content (AvgIpc) is 2.60. The lowest BCUT2D eigenvalue weighted by Crippen LogP contribution is -2.58. The van der Waals surface area contributed by atoms with Crippen molar-refractivity contribution in [2.75, 3.05) is 19.8 Å². The molecule has 3 unspecified atom stereocenters. The fourth-order valence-corrected chi connectivity index (χ4v) is 3.70. The van der Waals surface area contributed by atoms with E-state index in [1.807, 2.05) is 29.2 Å². The number of hydrogen-bond donors (Lipinski definition) is 0. The molecule has 1 saturated heterocycles. The summed E-state index contributed by atoms with van der Waals surface area (Å²) < 4.78 is 17.4. The molecule has 1 aromatic carbocycles. The van der Waals surface area contributed by atoms with E-state index in [9.17, 15) is 4.79 Å². The van der Waals surface area contributed by atoms with Crippen molar-refractivity contribution in [1.82, 2.24) is 4.90 Å². The minimum atomic E-state index is -0.546. The van der Waals surface area contributed by atoms with Gasteiger partial charge in [-0.2, -0.15) is 0 Å². The molecule has 0 bridgehead atoms.